The van der Waals surface area contributed by atoms with Crippen LogP contribution >= 0.6 is 0 Å². The molecule has 3 fully saturated rings. The molecule has 4 unspecified atom stereocenters. The lowest BCUT2D eigenvalue weighted by molar-refractivity contribution is -0.152. The van der Waals surface area contributed by atoms with Gasteiger partial charge in [-0.2, -0.15) is 0 Å². The average Bonchev–Trinajstić information content (AvgIpc) is 3.13. The number of aliphatic hydroxyl groups is 1. The molecule has 0 amide bonds. The Bertz CT molecular complexity index is 831. The SMILES string of the molecule is CCC(CCC[C@H]1CCC2[C@@H]3CC=C4C[C@@](C)(O)CC[C@]4(C)C3CCC21C)OC(=O)CCC(=O)O. The first-order chi connectivity index (χ1) is 16.5. The van der Waals surface area contributed by atoms with Crippen molar-refractivity contribution in [2.75, 3.05) is 0 Å². The molecular weight excluding hydrogens is 440 g/mol. The number of rotatable bonds is 9. The van der Waals surface area contributed by atoms with Gasteiger partial charge in [-0.1, -0.05) is 32.4 Å². The molecule has 2 N–H and O–H groups in total. The zero-order valence-electron chi connectivity index (χ0n) is 22.5. The van der Waals surface area contributed by atoms with E-state index in [0.717, 1.165) is 62.2 Å². The third-order valence-electron chi connectivity index (χ3n) is 11.0. The van der Waals surface area contributed by atoms with E-state index in [1.807, 2.05) is 13.8 Å². The fourth-order valence-electron chi connectivity index (χ4n) is 8.78. The Labute approximate surface area is 212 Å². The van der Waals surface area contributed by atoms with Crippen LogP contribution in [-0.2, 0) is 14.3 Å². The molecule has 4 rings (SSSR count). The summed E-state index contributed by atoms with van der Waals surface area (Å²) in [7, 11) is 0. The van der Waals surface area contributed by atoms with Gasteiger partial charge in [0, 0.05) is 0 Å². The second-order valence-electron chi connectivity index (χ2n) is 13.1. The van der Waals surface area contributed by atoms with E-state index < -0.39 is 11.6 Å². The van der Waals surface area contributed by atoms with Crippen molar-refractivity contribution in [1.29, 1.82) is 0 Å². The van der Waals surface area contributed by atoms with Gasteiger partial charge < -0.3 is 14.9 Å². The lowest BCUT2D eigenvalue weighted by Gasteiger charge is -2.59. The quantitative estimate of drug-likeness (QED) is 0.280. The maximum absolute atomic E-state index is 12.0. The van der Waals surface area contributed by atoms with Crippen LogP contribution in [0.25, 0.3) is 0 Å². The molecule has 8 atom stereocenters. The summed E-state index contributed by atoms with van der Waals surface area (Å²) in [5, 5.41) is 19.5. The van der Waals surface area contributed by atoms with Gasteiger partial charge in [-0.25, -0.2) is 0 Å². The highest BCUT2D eigenvalue weighted by Gasteiger charge is 2.58. The van der Waals surface area contributed by atoms with Gasteiger partial charge in [0.15, 0.2) is 0 Å². The van der Waals surface area contributed by atoms with Gasteiger partial charge in [-0.05, 0) is 118 Å². The summed E-state index contributed by atoms with van der Waals surface area (Å²) in [6, 6.07) is 0. The Hall–Kier alpha value is -1.36. The van der Waals surface area contributed by atoms with Gasteiger partial charge in [0.1, 0.15) is 6.10 Å². The molecular formula is C30H48O5. The third kappa shape index (κ3) is 5.36. The molecule has 0 bridgehead atoms. The molecule has 0 aliphatic heterocycles. The van der Waals surface area contributed by atoms with Crippen LogP contribution in [0.15, 0.2) is 11.6 Å². The van der Waals surface area contributed by atoms with Crippen LogP contribution in [0.2, 0.25) is 0 Å². The molecule has 0 heterocycles. The van der Waals surface area contributed by atoms with E-state index in [4.69, 9.17) is 9.84 Å². The minimum Gasteiger partial charge on any atom is -0.481 e. The van der Waals surface area contributed by atoms with Crippen LogP contribution in [0.5, 0.6) is 0 Å². The first-order valence-corrected chi connectivity index (χ1v) is 14.3. The Morgan fingerprint density at radius 3 is 2.57 bits per heavy atom. The minimum atomic E-state index is -0.956. The number of hydrogen-bond donors (Lipinski definition) is 2. The highest BCUT2D eigenvalue weighted by Crippen LogP contribution is 2.67. The van der Waals surface area contributed by atoms with Gasteiger partial charge in [0.05, 0.1) is 18.4 Å². The average molecular weight is 489 g/mol. The molecule has 5 heteroatoms. The summed E-state index contributed by atoms with van der Waals surface area (Å²) >= 11 is 0. The van der Waals surface area contributed by atoms with Gasteiger partial charge in [0.25, 0.3) is 0 Å². The van der Waals surface area contributed by atoms with Crippen molar-refractivity contribution < 1.29 is 24.5 Å². The van der Waals surface area contributed by atoms with E-state index in [9.17, 15) is 14.7 Å². The number of carbonyl (C=O) groups is 2. The maximum atomic E-state index is 12.0. The molecule has 35 heavy (non-hydrogen) atoms. The number of hydrogen-bond acceptors (Lipinski definition) is 4. The van der Waals surface area contributed by atoms with Crippen LogP contribution in [0.1, 0.15) is 118 Å². The Balaban J connectivity index is 1.33. The van der Waals surface area contributed by atoms with Crippen molar-refractivity contribution >= 4 is 11.9 Å². The fraction of sp³-hybridized carbons (Fsp3) is 0.867. The molecule has 0 spiro atoms. The van der Waals surface area contributed by atoms with Gasteiger partial charge >= 0.3 is 11.9 Å². The second kappa shape index (κ2) is 10.2. The lowest BCUT2D eigenvalue weighted by atomic mass is 9.46. The first kappa shape index (κ1) is 26.7. The molecule has 0 aromatic rings. The fourth-order valence-corrected chi connectivity index (χ4v) is 8.78. The summed E-state index contributed by atoms with van der Waals surface area (Å²) in [5.41, 5.74) is 1.71. The first-order valence-electron chi connectivity index (χ1n) is 14.3. The number of aliphatic carboxylic acids is 1. The van der Waals surface area contributed by atoms with E-state index in [0.29, 0.717) is 5.41 Å². The smallest absolute Gasteiger partial charge is 0.306 e. The number of esters is 1. The third-order valence-corrected chi connectivity index (χ3v) is 11.0. The van der Waals surface area contributed by atoms with Crippen molar-refractivity contribution in [2.45, 2.75) is 129 Å². The lowest BCUT2D eigenvalue weighted by Crippen LogP contribution is -2.51. The summed E-state index contributed by atoms with van der Waals surface area (Å²) in [6.45, 7) is 9.13. The van der Waals surface area contributed by atoms with Crippen molar-refractivity contribution in [3.8, 4) is 0 Å². The standard InChI is InChI=1S/C30H48O5/c1-5-22(35-27(33)14-13-26(31)32)8-6-7-20-10-12-24-23-11-9-21-19-28(2,34)17-18-30(21,4)25(23)15-16-29(20,24)3/h9,20,22-25,34H,5-8,10-19H2,1-4H3,(H,31,32)/t20-,22?,23-,24?,25?,28-,29?,30-/m0/s1. The van der Waals surface area contributed by atoms with Crippen molar-refractivity contribution in [2.24, 2.45) is 34.5 Å². The molecule has 3 saturated carbocycles. The topological polar surface area (TPSA) is 83.8 Å². The Kier molecular flexibility index (Phi) is 7.77. The second-order valence-corrected chi connectivity index (χ2v) is 13.1. The molecule has 198 valence electrons. The van der Waals surface area contributed by atoms with Crippen LogP contribution in [0, 0.1) is 34.5 Å². The van der Waals surface area contributed by atoms with Gasteiger partial charge in [-0.15, -0.1) is 0 Å². The molecule has 4 aliphatic rings. The monoisotopic (exact) mass is 488 g/mol. The highest BCUT2D eigenvalue weighted by atomic mass is 16.5. The number of carbonyl (C=O) groups excluding carboxylic acids is 1. The van der Waals surface area contributed by atoms with Gasteiger partial charge in [-0.3, -0.25) is 9.59 Å². The summed E-state index contributed by atoms with van der Waals surface area (Å²) in [5.74, 6) is 1.77. The number of fused-ring (bicyclic) bond motifs is 5. The number of ether oxygens (including phenoxy) is 1. The van der Waals surface area contributed by atoms with E-state index in [-0.39, 0.29) is 30.3 Å². The predicted molar refractivity (Wildman–Crippen MR) is 137 cm³/mol. The predicted octanol–water partition coefficient (Wildman–Crippen LogP) is 6.67. The van der Waals surface area contributed by atoms with Crippen molar-refractivity contribution in [3.63, 3.8) is 0 Å². The van der Waals surface area contributed by atoms with E-state index in [1.165, 1.54) is 44.1 Å². The zero-order chi connectivity index (χ0) is 25.4. The maximum Gasteiger partial charge on any atom is 0.306 e. The highest BCUT2D eigenvalue weighted by molar-refractivity contribution is 5.76. The van der Waals surface area contributed by atoms with E-state index in [2.05, 4.69) is 19.9 Å². The van der Waals surface area contributed by atoms with Crippen molar-refractivity contribution in [3.05, 3.63) is 11.6 Å². The van der Waals surface area contributed by atoms with Crippen molar-refractivity contribution in [1.82, 2.24) is 0 Å². The molecule has 0 aromatic heterocycles. The Morgan fingerprint density at radius 1 is 1.09 bits per heavy atom. The van der Waals surface area contributed by atoms with Crippen LogP contribution < -0.4 is 0 Å². The van der Waals surface area contributed by atoms with Gasteiger partial charge in [0.2, 0.25) is 0 Å². The van der Waals surface area contributed by atoms with E-state index in [1.54, 1.807) is 0 Å². The summed E-state index contributed by atoms with van der Waals surface area (Å²) in [6.07, 6.45) is 15.6. The summed E-state index contributed by atoms with van der Waals surface area (Å²) in [4.78, 5) is 22.7. The molecule has 0 saturated heterocycles. The molecule has 0 aromatic carbocycles. The number of carboxylic acids is 1. The Morgan fingerprint density at radius 2 is 1.86 bits per heavy atom. The number of carboxylic acid groups (broad SMARTS) is 1. The van der Waals surface area contributed by atoms with Crippen LogP contribution in [0.4, 0.5) is 0 Å². The van der Waals surface area contributed by atoms with E-state index >= 15 is 0 Å². The molecule has 0 radical (unpaired) electrons. The van der Waals surface area contributed by atoms with Crippen LogP contribution in [0.3, 0.4) is 0 Å². The zero-order valence-corrected chi connectivity index (χ0v) is 22.5. The van der Waals surface area contributed by atoms with Crippen LogP contribution in [-0.4, -0.2) is 33.9 Å². The largest absolute Gasteiger partial charge is 0.481 e. The molecule has 5 nitrogen and oxygen atoms in total. The minimum absolute atomic E-state index is 0.0383. The molecule has 4 aliphatic carbocycles. The normalized spacial score (nSPS) is 41.2. The number of allylic oxidation sites excluding steroid dienone is 1. The summed E-state index contributed by atoms with van der Waals surface area (Å²) < 4.78 is 5.57.